The predicted octanol–water partition coefficient (Wildman–Crippen LogP) is 3.06. The fourth-order valence-electron chi connectivity index (χ4n) is 2.26. The molecule has 0 aromatic carbocycles. The van der Waals surface area contributed by atoms with E-state index in [1.54, 1.807) is 0 Å². The van der Waals surface area contributed by atoms with Crippen LogP contribution in [-0.2, 0) is 14.0 Å². The van der Waals surface area contributed by atoms with Crippen LogP contribution >= 0.6 is 0 Å². The fourth-order valence-corrected chi connectivity index (χ4v) is 3.54. The van der Waals surface area contributed by atoms with Gasteiger partial charge in [0.1, 0.15) is 5.78 Å². The first-order chi connectivity index (χ1) is 8.21. The Morgan fingerprint density at radius 2 is 2.00 bits per heavy atom. The number of ether oxygens (including phenoxy) is 1. The summed E-state index contributed by atoms with van der Waals surface area (Å²) >= 11 is 0. The van der Waals surface area contributed by atoms with E-state index in [1.807, 2.05) is 0 Å². The molecule has 1 saturated carbocycles. The summed E-state index contributed by atoms with van der Waals surface area (Å²) < 4.78 is 12.0. The SMILES string of the molecule is CC(C)(C)[Si](C)(C)O[C@@H]1CC(=O)C[C@H]2OCC=C21. The number of ketones is 1. The minimum Gasteiger partial charge on any atom is -0.410 e. The Hall–Kier alpha value is -0.453. The highest BCUT2D eigenvalue weighted by Gasteiger charge is 2.43. The van der Waals surface area contributed by atoms with Crippen LogP contribution in [0, 0.1) is 0 Å². The second-order valence-electron chi connectivity index (χ2n) is 6.84. The molecule has 4 heteroatoms. The Morgan fingerprint density at radius 1 is 1.33 bits per heavy atom. The van der Waals surface area contributed by atoms with E-state index in [4.69, 9.17) is 9.16 Å². The van der Waals surface area contributed by atoms with Crippen molar-refractivity contribution in [3.8, 4) is 0 Å². The topological polar surface area (TPSA) is 35.5 Å². The molecule has 1 aliphatic carbocycles. The third-order valence-electron chi connectivity index (χ3n) is 4.43. The van der Waals surface area contributed by atoms with E-state index in [-0.39, 0.29) is 23.0 Å². The van der Waals surface area contributed by atoms with Gasteiger partial charge in [-0.25, -0.2) is 0 Å². The first-order valence-corrected chi connectivity index (χ1v) is 9.62. The van der Waals surface area contributed by atoms with Gasteiger partial charge in [0.25, 0.3) is 0 Å². The molecule has 18 heavy (non-hydrogen) atoms. The standard InChI is InChI=1S/C14H24O3Si/c1-14(2,3)18(4,5)17-13-9-10(15)8-12-11(13)6-7-16-12/h6,12-13H,7-9H2,1-5H3/t12-,13-/m1/s1. The van der Waals surface area contributed by atoms with Crippen LogP contribution in [0.4, 0.5) is 0 Å². The summed E-state index contributed by atoms with van der Waals surface area (Å²) in [7, 11) is -1.83. The Morgan fingerprint density at radius 3 is 2.61 bits per heavy atom. The number of carbonyl (C=O) groups is 1. The van der Waals surface area contributed by atoms with Crippen molar-refractivity contribution >= 4 is 14.1 Å². The van der Waals surface area contributed by atoms with E-state index in [0.717, 1.165) is 0 Å². The molecule has 0 unspecified atom stereocenters. The molecule has 2 atom stereocenters. The molecule has 0 aromatic rings. The molecule has 0 aromatic heterocycles. The van der Waals surface area contributed by atoms with Gasteiger partial charge in [0.05, 0.1) is 18.8 Å². The lowest BCUT2D eigenvalue weighted by atomic mass is 9.89. The Kier molecular flexibility index (Phi) is 3.55. The van der Waals surface area contributed by atoms with Crippen LogP contribution in [0.25, 0.3) is 0 Å². The average Bonchev–Trinajstić information content (AvgIpc) is 2.62. The van der Waals surface area contributed by atoms with Crippen molar-refractivity contribution in [3.05, 3.63) is 11.6 Å². The van der Waals surface area contributed by atoms with Crippen molar-refractivity contribution in [2.24, 2.45) is 0 Å². The highest BCUT2D eigenvalue weighted by atomic mass is 28.4. The summed E-state index contributed by atoms with van der Waals surface area (Å²) in [5, 5.41) is 0.170. The number of carbonyl (C=O) groups excluding carboxylic acids is 1. The zero-order valence-corrected chi connectivity index (χ0v) is 13.1. The summed E-state index contributed by atoms with van der Waals surface area (Å²) in [5.74, 6) is 0.266. The maximum absolute atomic E-state index is 11.8. The Balaban J connectivity index is 2.15. The highest BCUT2D eigenvalue weighted by molar-refractivity contribution is 6.74. The van der Waals surface area contributed by atoms with Crippen LogP contribution in [0.1, 0.15) is 33.6 Å². The first kappa shape index (κ1) is 14.0. The lowest BCUT2D eigenvalue weighted by Crippen LogP contribution is -2.47. The second-order valence-corrected chi connectivity index (χ2v) is 11.6. The number of fused-ring (bicyclic) bond motifs is 1. The quantitative estimate of drug-likeness (QED) is 0.570. The lowest BCUT2D eigenvalue weighted by molar-refractivity contribution is -0.124. The van der Waals surface area contributed by atoms with Crippen LogP contribution < -0.4 is 0 Å². The second kappa shape index (κ2) is 4.58. The molecule has 0 spiro atoms. The van der Waals surface area contributed by atoms with E-state index in [1.165, 1.54) is 5.57 Å². The van der Waals surface area contributed by atoms with Crippen LogP contribution in [0.5, 0.6) is 0 Å². The molecular formula is C14H24O3Si. The molecule has 1 heterocycles. The third kappa shape index (κ3) is 2.60. The van der Waals surface area contributed by atoms with Crippen molar-refractivity contribution in [1.82, 2.24) is 0 Å². The minimum absolute atomic E-state index is 0.0129. The monoisotopic (exact) mass is 268 g/mol. The molecule has 0 radical (unpaired) electrons. The molecule has 1 aliphatic heterocycles. The fraction of sp³-hybridized carbons (Fsp3) is 0.786. The summed E-state index contributed by atoms with van der Waals surface area (Å²) in [6.07, 6.45) is 3.11. The summed E-state index contributed by atoms with van der Waals surface area (Å²) in [5.41, 5.74) is 1.21. The van der Waals surface area contributed by atoms with Gasteiger partial charge in [0.15, 0.2) is 8.32 Å². The van der Waals surface area contributed by atoms with Crippen LogP contribution in [0.3, 0.4) is 0 Å². The smallest absolute Gasteiger partial charge is 0.192 e. The minimum atomic E-state index is -1.83. The molecule has 1 fully saturated rings. The zero-order chi connectivity index (χ0) is 13.6. The van der Waals surface area contributed by atoms with Gasteiger partial charge in [0, 0.05) is 12.8 Å². The molecule has 0 amide bonds. The van der Waals surface area contributed by atoms with Gasteiger partial charge >= 0.3 is 0 Å². The number of hydrogen-bond donors (Lipinski definition) is 0. The van der Waals surface area contributed by atoms with Crippen LogP contribution in [0.2, 0.25) is 18.1 Å². The maximum Gasteiger partial charge on any atom is 0.192 e. The summed E-state index contributed by atoms with van der Waals surface area (Å²) in [6, 6.07) is 0. The zero-order valence-electron chi connectivity index (χ0n) is 12.1. The van der Waals surface area contributed by atoms with Gasteiger partial charge in [-0.05, 0) is 23.7 Å². The highest BCUT2D eigenvalue weighted by Crippen LogP contribution is 2.40. The maximum atomic E-state index is 11.8. The number of rotatable bonds is 2. The molecule has 0 saturated heterocycles. The van der Waals surface area contributed by atoms with E-state index in [2.05, 4.69) is 39.9 Å². The Bertz CT molecular complexity index is 379. The van der Waals surface area contributed by atoms with Crippen molar-refractivity contribution in [2.75, 3.05) is 6.61 Å². The third-order valence-corrected chi connectivity index (χ3v) is 8.92. The van der Waals surface area contributed by atoms with Gasteiger partial charge < -0.3 is 9.16 Å². The molecule has 0 N–H and O–H groups in total. The van der Waals surface area contributed by atoms with Crippen LogP contribution in [-0.4, -0.2) is 32.9 Å². The van der Waals surface area contributed by atoms with Crippen LogP contribution in [0.15, 0.2) is 11.6 Å². The van der Waals surface area contributed by atoms with E-state index >= 15 is 0 Å². The average molecular weight is 268 g/mol. The summed E-state index contributed by atoms with van der Waals surface area (Å²) in [4.78, 5) is 11.8. The lowest BCUT2D eigenvalue weighted by Gasteiger charge is -2.41. The summed E-state index contributed by atoms with van der Waals surface area (Å²) in [6.45, 7) is 11.8. The molecule has 0 bridgehead atoms. The van der Waals surface area contributed by atoms with Gasteiger partial charge in [-0.1, -0.05) is 26.8 Å². The van der Waals surface area contributed by atoms with Crippen molar-refractivity contribution < 1.29 is 14.0 Å². The number of Topliss-reactive ketones (excluding diaryl/α,β-unsaturated/α-hetero) is 1. The predicted molar refractivity (Wildman–Crippen MR) is 74.1 cm³/mol. The molecule has 3 nitrogen and oxygen atoms in total. The normalized spacial score (nSPS) is 29.2. The molecule has 102 valence electrons. The first-order valence-electron chi connectivity index (χ1n) is 6.72. The molecular weight excluding hydrogens is 244 g/mol. The molecule has 2 rings (SSSR count). The largest absolute Gasteiger partial charge is 0.410 e. The van der Waals surface area contributed by atoms with E-state index in [0.29, 0.717) is 19.4 Å². The van der Waals surface area contributed by atoms with Crippen molar-refractivity contribution in [2.45, 2.75) is 64.0 Å². The van der Waals surface area contributed by atoms with Crippen molar-refractivity contribution in [3.63, 3.8) is 0 Å². The number of hydrogen-bond acceptors (Lipinski definition) is 3. The Labute approximate surface area is 111 Å². The van der Waals surface area contributed by atoms with E-state index < -0.39 is 8.32 Å². The van der Waals surface area contributed by atoms with Gasteiger partial charge in [-0.3, -0.25) is 4.79 Å². The van der Waals surface area contributed by atoms with E-state index in [9.17, 15) is 4.79 Å². The van der Waals surface area contributed by atoms with Gasteiger partial charge in [0.2, 0.25) is 0 Å². The van der Waals surface area contributed by atoms with Gasteiger partial charge in [-0.2, -0.15) is 0 Å². The van der Waals surface area contributed by atoms with Gasteiger partial charge in [-0.15, -0.1) is 0 Å². The molecule has 2 aliphatic rings. The van der Waals surface area contributed by atoms with Crippen molar-refractivity contribution in [1.29, 1.82) is 0 Å².